The van der Waals surface area contributed by atoms with Crippen molar-refractivity contribution in [3.05, 3.63) is 58.0 Å². The topological polar surface area (TPSA) is 83.8 Å². The lowest BCUT2D eigenvalue weighted by atomic mass is 10.1. The van der Waals surface area contributed by atoms with E-state index < -0.39 is 17.4 Å². The summed E-state index contributed by atoms with van der Waals surface area (Å²) in [6.07, 6.45) is 2.62. The lowest BCUT2D eigenvalue weighted by molar-refractivity contribution is 0.0595. The average molecular weight is 317 g/mol. The number of carbonyl (C=O) groups is 2. The molecule has 0 fully saturated rings. The first kappa shape index (κ1) is 16.3. The zero-order chi connectivity index (χ0) is 17.0. The van der Waals surface area contributed by atoms with Gasteiger partial charge in [-0.3, -0.25) is 4.79 Å². The number of carbonyl (C=O) groups excluding carboxylic acids is 2. The van der Waals surface area contributed by atoms with Crippen molar-refractivity contribution in [3.63, 3.8) is 0 Å². The zero-order valence-electron chi connectivity index (χ0n) is 12.9. The monoisotopic (exact) mass is 317 g/mol. The number of rotatable bonds is 4. The number of hydrogen-bond donors (Lipinski definition) is 0. The molecule has 120 valence electrons. The number of hydrogen-bond acceptors (Lipinski definition) is 6. The number of methoxy groups -OCH3 is 3. The van der Waals surface area contributed by atoms with Gasteiger partial charge in [0.05, 0.1) is 21.3 Å². The first-order valence-corrected chi connectivity index (χ1v) is 6.59. The summed E-state index contributed by atoms with van der Waals surface area (Å²) in [6.45, 7) is 0. The lowest BCUT2D eigenvalue weighted by Crippen LogP contribution is -2.25. The summed E-state index contributed by atoms with van der Waals surface area (Å²) in [4.78, 5) is 35.8. The number of esters is 2. The van der Waals surface area contributed by atoms with E-state index in [4.69, 9.17) is 4.74 Å². The van der Waals surface area contributed by atoms with Gasteiger partial charge in [-0.05, 0) is 24.3 Å². The fourth-order valence-electron chi connectivity index (χ4n) is 1.99. The minimum absolute atomic E-state index is 0.258. The summed E-state index contributed by atoms with van der Waals surface area (Å²) in [5, 5.41) is 0. The lowest BCUT2D eigenvalue weighted by Gasteiger charge is -2.11. The molecule has 0 spiro atoms. The number of ether oxygens (including phenoxy) is 3. The second-order valence-corrected chi connectivity index (χ2v) is 4.50. The fourth-order valence-corrected chi connectivity index (χ4v) is 1.99. The van der Waals surface area contributed by atoms with Crippen molar-refractivity contribution < 1.29 is 23.8 Å². The summed E-state index contributed by atoms with van der Waals surface area (Å²) >= 11 is 0. The summed E-state index contributed by atoms with van der Waals surface area (Å²) in [5.74, 6) is -1.01. The van der Waals surface area contributed by atoms with Crippen LogP contribution in [0.5, 0.6) is 5.75 Å². The van der Waals surface area contributed by atoms with Crippen LogP contribution >= 0.6 is 0 Å². The van der Waals surface area contributed by atoms with Crippen LogP contribution in [0.25, 0.3) is 5.69 Å². The smallest absolute Gasteiger partial charge is 0.343 e. The molecule has 7 nitrogen and oxygen atoms in total. The highest BCUT2D eigenvalue weighted by atomic mass is 16.5. The van der Waals surface area contributed by atoms with Crippen molar-refractivity contribution in [2.24, 2.45) is 0 Å². The molecule has 0 aliphatic heterocycles. The quantitative estimate of drug-likeness (QED) is 0.793. The van der Waals surface area contributed by atoms with E-state index in [-0.39, 0.29) is 11.1 Å². The molecule has 0 N–H and O–H groups in total. The van der Waals surface area contributed by atoms with E-state index in [9.17, 15) is 14.4 Å². The molecule has 0 unspecified atom stereocenters. The number of pyridine rings is 1. The van der Waals surface area contributed by atoms with Gasteiger partial charge in [0.15, 0.2) is 0 Å². The second kappa shape index (κ2) is 6.78. The van der Waals surface area contributed by atoms with E-state index in [2.05, 4.69) is 9.47 Å². The van der Waals surface area contributed by atoms with E-state index >= 15 is 0 Å². The molecule has 1 aromatic heterocycles. The van der Waals surface area contributed by atoms with Crippen molar-refractivity contribution >= 4 is 11.9 Å². The van der Waals surface area contributed by atoms with Gasteiger partial charge in [-0.1, -0.05) is 0 Å². The average Bonchev–Trinajstić information content (AvgIpc) is 2.60. The van der Waals surface area contributed by atoms with Crippen molar-refractivity contribution in [3.8, 4) is 11.4 Å². The molecule has 23 heavy (non-hydrogen) atoms. The maximum Gasteiger partial charge on any atom is 0.343 e. The van der Waals surface area contributed by atoms with Crippen LogP contribution in [0.4, 0.5) is 0 Å². The molecule has 0 radical (unpaired) electrons. The Morgan fingerprint density at radius 1 is 0.870 bits per heavy atom. The molecular weight excluding hydrogens is 302 g/mol. The highest BCUT2D eigenvalue weighted by molar-refractivity contribution is 5.94. The van der Waals surface area contributed by atoms with E-state index in [1.54, 1.807) is 31.4 Å². The van der Waals surface area contributed by atoms with Gasteiger partial charge in [-0.2, -0.15) is 0 Å². The van der Waals surface area contributed by atoms with Crippen LogP contribution in [0.3, 0.4) is 0 Å². The Labute approximate surface area is 132 Å². The number of nitrogens with zero attached hydrogens (tertiary/aromatic N) is 1. The van der Waals surface area contributed by atoms with Gasteiger partial charge in [0.2, 0.25) is 5.43 Å². The van der Waals surface area contributed by atoms with Crippen molar-refractivity contribution in [2.75, 3.05) is 21.3 Å². The Hall–Kier alpha value is -3.09. The molecule has 0 aliphatic rings. The summed E-state index contributed by atoms with van der Waals surface area (Å²) in [6, 6.07) is 6.85. The molecule has 1 heterocycles. The van der Waals surface area contributed by atoms with Crippen LogP contribution in [0.15, 0.2) is 41.5 Å². The first-order valence-electron chi connectivity index (χ1n) is 6.59. The standard InChI is InChI=1S/C16H15NO6/c1-21-11-6-4-10(5-7-11)17-8-12(15(19)22-2)14(18)13(9-17)16(20)23-3/h4-9H,1-3H3. The van der Waals surface area contributed by atoms with Gasteiger partial charge < -0.3 is 18.8 Å². The molecular formula is C16H15NO6. The van der Waals surface area contributed by atoms with Gasteiger partial charge in [0.1, 0.15) is 16.9 Å². The normalized spacial score (nSPS) is 10.0. The largest absolute Gasteiger partial charge is 0.497 e. The van der Waals surface area contributed by atoms with E-state index in [0.29, 0.717) is 11.4 Å². The van der Waals surface area contributed by atoms with E-state index in [1.807, 2.05) is 0 Å². The van der Waals surface area contributed by atoms with Crippen LogP contribution in [0.1, 0.15) is 20.7 Å². The summed E-state index contributed by atoms with van der Waals surface area (Å²) in [7, 11) is 3.85. The molecule has 0 saturated carbocycles. The van der Waals surface area contributed by atoms with Crippen molar-refractivity contribution in [1.82, 2.24) is 4.57 Å². The maximum atomic E-state index is 12.2. The predicted octanol–water partition coefficient (Wildman–Crippen LogP) is 1.42. The van der Waals surface area contributed by atoms with Gasteiger partial charge in [0, 0.05) is 18.1 Å². The van der Waals surface area contributed by atoms with Crippen molar-refractivity contribution in [1.29, 1.82) is 0 Å². The van der Waals surface area contributed by atoms with Crippen LogP contribution < -0.4 is 10.2 Å². The third kappa shape index (κ3) is 3.23. The molecule has 0 atom stereocenters. The number of benzene rings is 1. The van der Waals surface area contributed by atoms with Crippen molar-refractivity contribution in [2.45, 2.75) is 0 Å². The first-order chi connectivity index (χ1) is 11.0. The SMILES string of the molecule is COC(=O)c1cn(-c2ccc(OC)cc2)cc(C(=O)OC)c1=O. The molecule has 0 aliphatic carbocycles. The Morgan fingerprint density at radius 3 is 1.74 bits per heavy atom. The minimum atomic E-state index is -0.831. The highest BCUT2D eigenvalue weighted by Crippen LogP contribution is 2.16. The fraction of sp³-hybridized carbons (Fsp3) is 0.188. The number of aromatic nitrogens is 1. The Balaban J connectivity index is 2.65. The maximum absolute atomic E-state index is 12.2. The highest BCUT2D eigenvalue weighted by Gasteiger charge is 2.20. The third-order valence-corrected chi connectivity index (χ3v) is 3.21. The minimum Gasteiger partial charge on any atom is -0.497 e. The predicted molar refractivity (Wildman–Crippen MR) is 81.3 cm³/mol. The molecule has 1 aromatic carbocycles. The van der Waals surface area contributed by atoms with E-state index in [1.165, 1.54) is 17.0 Å². The van der Waals surface area contributed by atoms with Crippen LogP contribution in [-0.4, -0.2) is 37.8 Å². The Kier molecular flexibility index (Phi) is 4.80. The van der Waals surface area contributed by atoms with E-state index in [0.717, 1.165) is 14.2 Å². The third-order valence-electron chi connectivity index (χ3n) is 3.21. The van der Waals surface area contributed by atoms with Gasteiger partial charge in [-0.25, -0.2) is 9.59 Å². The molecule has 0 saturated heterocycles. The molecule has 2 rings (SSSR count). The van der Waals surface area contributed by atoms with Gasteiger partial charge >= 0.3 is 11.9 Å². The molecule has 0 bridgehead atoms. The summed E-state index contributed by atoms with van der Waals surface area (Å²) < 4.78 is 15.7. The van der Waals surface area contributed by atoms with Gasteiger partial charge in [0.25, 0.3) is 0 Å². The van der Waals surface area contributed by atoms with Crippen LogP contribution in [0, 0.1) is 0 Å². The molecule has 7 heteroatoms. The molecule has 0 amide bonds. The van der Waals surface area contributed by atoms with Crippen LogP contribution in [-0.2, 0) is 9.47 Å². The Morgan fingerprint density at radius 2 is 1.35 bits per heavy atom. The van der Waals surface area contributed by atoms with Crippen LogP contribution in [0.2, 0.25) is 0 Å². The zero-order valence-corrected chi connectivity index (χ0v) is 12.9. The summed E-state index contributed by atoms with van der Waals surface area (Å²) in [5.41, 5.74) is -0.632. The molecule has 2 aromatic rings. The van der Waals surface area contributed by atoms with Gasteiger partial charge in [-0.15, -0.1) is 0 Å². The Bertz CT molecular complexity index is 751. The second-order valence-electron chi connectivity index (χ2n) is 4.50.